The molecule has 2 N–H and O–H groups in total. The summed E-state index contributed by atoms with van der Waals surface area (Å²) in [5.74, 6) is 0.107. The number of halogens is 3. The van der Waals surface area contributed by atoms with Gasteiger partial charge in [-0.25, -0.2) is 4.68 Å². The summed E-state index contributed by atoms with van der Waals surface area (Å²) in [6.45, 7) is 0.148. The van der Waals surface area contributed by atoms with Crippen LogP contribution in [0.4, 0.5) is 19.0 Å². The molecule has 0 saturated heterocycles. The Balaban J connectivity index is 1.61. The van der Waals surface area contributed by atoms with Crippen LogP contribution in [0, 0.1) is 0 Å². The second kappa shape index (κ2) is 8.29. The van der Waals surface area contributed by atoms with E-state index in [4.69, 9.17) is 4.74 Å². The number of rotatable bonds is 5. The highest BCUT2D eigenvalue weighted by atomic mass is 19.4. The Morgan fingerprint density at radius 3 is 2.68 bits per heavy atom. The molecule has 4 rings (SSSR count). The standard InChI is InChI=1S/C21H20F3N5O2/c1-31-15-7-5-13(6-8-15)17-10-18(21(22,23)24)29-19(28-17)16(12-27-29)20(30)26-11-14-4-2-3-9-25-14/h2-9,12,17-18,28H,10-11H2,1H3,(H,26,30)/t17-,18-/m0/s1. The number of hydrogen-bond acceptors (Lipinski definition) is 5. The van der Waals surface area contributed by atoms with E-state index in [1.54, 1.807) is 48.7 Å². The number of methoxy groups -OCH3 is 1. The molecule has 0 aliphatic carbocycles. The molecule has 0 fully saturated rings. The van der Waals surface area contributed by atoms with Crippen molar-refractivity contribution >= 4 is 11.7 Å². The number of carbonyl (C=O) groups is 1. The van der Waals surface area contributed by atoms with Gasteiger partial charge in [0.1, 0.15) is 17.1 Å². The van der Waals surface area contributed by atoms with Crippen LogP contribution in [0.1, 0.15) is 40.1 Å². The molecule has 162 valence electrons. The van der Waals surface area contributed by atoms with Gasteiger partial charge in [-0.1, -0.05) is 18.2 Å². The van der Waals surface area contributed by atoms with E-state index in [0.717, 1.165) is 10.9 Å². The predicted molar refractivity (Wildman–Crippen MR) is 107 cm³/mol. The molecule has 0 unspecified atom stereocenters. The third kappa shape index (κ3) is 4.32. The molecule has 31 heavy (non-hydrogen) atoms. The van der Waals surface area contributed by atoms with Crippen LogP contribution in [0.25, 0.3) is 0 Å². The van der Waals surface area contributed by atoms with Gasteiger partial charge in [-0.05, 0) is 29.8 Å². The zero-order valence-corrected chi connectivity index (χ0v) is 16.6. The third-order valence-corrected chi connectivity index (χ3v) is 5.16. The average Bonchev–Trinajstić information content (AvgIpc) is 3.21. The quantitative estimate of drug-likeness (QED) is 0.641. The maximum Gasteiger partial charge on any atom is 0.410 e. The molecule has 0 bridgehead atoms. The topological polar surface area (TPSA) is 81.1 Å². The van der Waals surface area contributed by atoms with Gasteiger partial charge >= 0.3 is 6.18 Å². The minimum atomic E-state index is -4.52. The molecule has 2 atom stereocenters. The Morgan fingerprint density at radius 1 is 1.26 bits per heavy atom. The number of fused-ring (bicyclic) bond motifs is 1. The Labute approximate surface area is 176 Å². The van der Waals surface area contributed by atoms with Crippen LogP contribution in [0.5, 0.6) is 5.75 Å². The van der Waals surface area contributed by atoms with Crippen molar-refractivity contribution in [3.05, 3.63) is 71.7 Å². The monoisotopic (exact) mass is 431 g/mol. The number of carbonyl (C=O) groups excluding carboxylic acids is 1. The highest BCUT2D eigenvalue weighted by Crippen LogP contribution is 2.44. The lowest BCUT2D eigenvalue weighted by Crippen LogP contribution is -2.36. The number of alkyl halides is 3. The summed E-state index contributed by atoms with van der Waals surface area (Å²) in [5, 5.41) is 9.62. The first kappa shape index (κ1) is 20.7. The zero-order chi connectivity index (χ0) is 22.0. The van der Waals surface area contributed by atoms with E-state index >= 15 is 0 Å². The number of aromatic nitrogens is 3. The van der Waals surface area contributed by atoms with Gasteiger partial charge in [0.2, 0.25) is 0 Å². The molecule has 1 aliphatic heterocycles. The number of ether oxygens (including phenoxy) is 1. The van der Waals surface area contributed by atoms with Crippen molar-refractivity contribution in [1.29, 1.82) is 0 Å². The van der Waals surface area contributed by atoms with E-state index < -0.39 is 24.2 Å². The maximum absolute atomic E-state index is 13.8. The molecule has 0 spiro atoms. The molecule has 1 aliphatic rings. The zero-order valence-electron chi connectivity index (χ0n) is 16.6. The summed E-state index contributed by atoms with van der Waals surface area (Å²) in [7, 11) is 1.52. The SMILES string of the molecule is COc1ccc([C@@H]2C[C@@H](C(F)(F)F)n3ncc(C(=O)NCc4ccccn4)c3N2)cc1. The van der Waals surface area contributed by atoms with E-state index in [9.17, 15) is 18.0 Å². The Morgan fingerprint density at radius 2 is 2.03 bits per heavy atom. The van der Waals surface area contributed by atoms with Gasteiger partial charge in [-0.15, -0.1) is 0 Å². The lowest BCUT2D eigenvalue weighted by Gasteiger charge is -2.34. The summed E-state index contributed by atoms with van der Waals surface area (Å²) < 4.78 is 47.3. The van der Waals surface area contributed by atoms with Gasteiger partial charge in [0.05, 0.1) is 31.6 Å². The summed E-state index contributed by atoms with van der Waals surface area (Å²) in [6, 6.07) is 9.56. The molecule has 3 heterocycles. The Kier molecular flexibility index (Phi) is 5.53. The number of amides is 1. The summed E-state index contributed by atoms with van der Waals surface area (Å²) in [5.41, 5.74) is 1.33. The minimum Gasteiger partial charge on any atom is -0.497 e. The molecule has 2 aromatic heterocycles. The van der Waals surface area contributed by atoms with Crippen LogP contribution in [-0.4, -0.2) is 34.0 Å². The molecular weight excluding hydrogens is 411 g/mol. The van der Waals surface area contributed by atoms with Crippen molar-refractivity contribution in [2.24, 2.45) is 0 Å². The number of anilines is 1. The van der Waals surface area contributed by atoms with Crippen LogP contribution in [-0.2, 0) is 6.54 Å². The van der Waals surface area contributed by atoms with Gasteiger partial charge < -0.3 is 15.4 Å². The van der Waals surface area contributed by atoms with Gasteiger partial charge in [-0.2, -0.15) is 18.3 Å². The fraction of sp³-hybridized carbons (Fsp3) is 0.286. The molecule has 10 heteroatoms. The second-order valence-electron chi connectivity index (χ2n) is 7.12. The molecule has 3 aromatic rings. The van der Waals surface area contributed by atoms with Gasteiger partial charge in [0.25, 0.3) is 5.91 Å². The molecule has 1 aromatic carbocycles. The van der Waals surface area contributed by atoms with Crippen molar-refractivity contribution in [3.63, 3.8) is 0 Å². The molecule has 0 radical (unpaired) electrons. The molecular formula is C21H20F3N5O2. The number of benzene rings is 1. The first-order valence-corrected chi connectivity index (χ1v) is 9.59. The van der Waals surface area contributed by atoms with E-state index in [2.05, 4.69) is 20.7 Å². The molecule has 7 nitrogen and oxygen atoms in total. The van der Waals surface area contributed by atoms with Crippen molar-refractivity contribution in [2.75, 3.05) is 12.4 Å². The maximum atomic E-state index is 13.8. The summed E-state index contributed by atoms with van der Waals surface area (Å²) in [4.78, 5) is 16.8. The van der Waals surface area contributed by atoms with Crippen LogP contribution in [0.3, 0.4) is 0 Å². The van der Waals surface area contributed by atoms with Crippen LogP contribution in [0.15, 0.2) is 54.9 Å². The summed E-state index contributed by atoms with van der Waals surface area (Å²) >= 11 is 0. The fourth-order valence-electron chi connectivity index (χ4n) is 3.55. The summed E-state index contributed by atoms with van der Waals surface area (Å²) in [6.07, 6.45) is -2.02. The number of nitrogens with one attached hydrogen (secondary N) is 2. The smallest absolute Gasteiger partial charge is 0.410 e. The van der Waals surface area contributed by atoms with E-state index in [-0.39, 0.29) is 24.3 Å². The first-order chi connectivity index (χ1) is 14.9. The number of pyridine rings is 1. The van der Waals surface area contributed by atoms with Crippen molar-refractivity contribution in [1.82, 2.24) is 20.1 Å². The lowest BCUT2D eigenvalue weighted by molar-refractivity contribution is -0.173. The first-order valence-electron chi connectivity index (χ1n) is 9.59. The normalized spacial score (nSPS) is 18.1. The highest BCUT2D eigenvalue weighted by Gasteiger charge is 2.47. The number of hydrogen-bond donors (Lipinski definition) is 2. The van der Waals surface area contributed by atoms with Crippen molar-refractivity contribution in [3.8, 4) is 5.75 Å². The fourth-order valence-corrected chi connectivity index (χ4v) is 3.55. The average molecular weight is 431 g/mol. The predicted octanol–water partition coefficient (Wildman–Crippen LogP) is 3.88. The second-order valence-corrected chi connectivity index (χ2v) is 7.12. The van der Waals surface area contributed by atoms with Crippen molar-refractivity contribution in [2.45, 2.75) is 31.2 Å². The number of nitrogens with zero attached hydrogens (tertiary/aromatic N) is 3. The van der Waals surface area contributed by atoms with Gasteiger partial charge in [0, 0.05) is 12.6 Å². The van der Waals surface area contributed by atoms with Crippen LogP contribution >= 0.6 is 0 Å². The van der Waals surface area contributed by atoms with Crippen LogP contribution < -0.4 is 15.4 Å². The Bertz CT molecular complexity index is 1050. The molecule has 0 saturated carbocycles. The third-order valence-electron chi connectivity index (χ3n) is 5.16. The minimum absolute atomic E-state index is 0.0351. The van der Waals surface area contributed by atoms with Gasteiger partial charge in [0.15, 0.2) is 6.04 Å². The Hall–Kier alpha value is -3.56. The van der Waals surface area contributed by atoms with E-state index in [0.29, 0.717) is 17.0 Å². The van der Waals surface area contributed by atoms with Crippen molar-refractivity contribution < 1.29 is 22.7 Å². The largest absolute Gasteiger partial charge is 0.497 e. The van der Waals surface area contributed by atoms with Crippen LogP contribution in [0.2, 0.25) is 0 Å². The van der Waals surface area contributed by atoms with E-state index in [1.165, 1.54) is 7.11 Å². The van der Waals surface area contributed by atoms with E-state index in [1.807, 2.05) is 0 Å². The highest BCUT2D eigenvalue weighted by molar-refractivity contribution is 5.98. The molecule has 1 amide bonds. The lowest BCUT2D eigenvalue weighted by atomic mass is 9.96. The van der Waals surface area contributed by atoms with Gasteiger partial charge in [-0.3, -0.25) is 9.78 Å².